The number of pyridine rings is 1. The molecule has 2 N–H and O–H groups in total. The van der Waals surface area contributed by atoms with E-state index in [-0.39, 0.29) is 0 Å². The van der Waals surface area contributed by atoms with Crippen molar-refractivity contribution >= 4 is 21.6 Å². The second-order valence-corrected chi connectivity index (χ2v) is 2.66. The third kappa shape index (κ3) is 1.29. The van der Waals surface area contributed by atoms with Gasteiger partial charge in [-0.05, 0) is 13.0 Å². The van der Waals surface area contributed by atoms with Crippen LogP contribution in [0.5, 0.6) is 0 Å². The number of alkyl halides is 1. The molecule has 0 bridgehead atoms. The number of nitrogen functional groups attached to an aromatic ring is 1. The molecular weight excluding hydrogens is 192 g/mol. The van der Waals surface area contributed by atoms with Gasteiger partial charge in [0, 0.05) is 28.5 Å². The van der Waals surface area contributed by atoms with Crippen molar-refractivity contribution in [1.29, 1.82) is 0 Å². The van der Waals surface area contributed by atoms with E-state index >= 15 is 0 Å². The van der Waals surface area contributed by atoms with Crippen LogP contribution in [0.1, 0.15) is 11.3 Å². The van der Waals surface area contributed by atoms with E-state index < -0.39 is 0 Å². The highest BCUT2D eigenvalue weighted by atomic mass is 79.9. The summed E-state index contributed by atoms with van der Waals surface area (Å²) in [5, 5.41) is 0.776. The second kappa shape index (κ2) is 3.01. The molecule has 2 nitrogen and oxygen atoms in total. The van der Waals surface area contributed by atoms with Crippen LogP contribution in [0.4, 0.5) is 5.69 Å². The van der Waals surface area contributed by atoms with Gasteiger partial charge in [-0.15, -0.1) is 0 Å². The van der Waals surface area contributed by atoms with Crippen LogP contribution >= 0.6 is 15.9 Å². The minimum absolute atomic E-state index is 0.776. The predicted octanol–water partition coefficient (Wildman–Crippen LogP) is 1.87. The Labute approximate surface area is 68.6 Å². The van der Waals surface area contributed by atoms with E-state index in [0.717, 1.165) is 22.3 Å². The van der Waals surface area contributed by atoms with Crippen molar-refractivity contribution < 1.29 is 0 Å². The summed E-state index contributed by atoms with van der Waals surface area (Å²) in [5.41, 5.74) is 8.55. The third-order valence-corrected chi connectivity index (χ3v) is 2.00. The lowest BCUT2D eigenvalue weighted by atomic mass is 10.2. The summed E-state index contributed by atoms with van der Waals surface area (Å²) < 4.78 is 0. The Bertz CT molecular complexity index is 215. The fraction of sp³-hybridized carbons (Fsp3) is 0.286. The first-order valence-corrected chi connectivity index (χ1v) is 4.13. The highest BCUT2D eigenvalue weighted by molar-refractivity contribution is 9.08. The van der Waals surface area contributed by atoms with Gasteiger partial charge in [0.15, 0.2) is 0 Å². The highest BCUT2D eigenvalue weighted by Crippen LogP contribution is 2.16. The van der Waals surface area contributed by atoms with Crippen LogP contribution in [0.15, 0.2) is 12.3 Å². The summed E-state index contributed by atoms with van der Waals surface area (Å²) in [5.74, 6) is 0. The van der Waals surface area contributed by atoms with E-state index in [1.807, 2.05) is 13.0 Å². The first-order valence-electron chi connectivity index (χ1n) is 3.01. The smallest absolute Gasteiger partial charge is 0.0433 e. The summed E-state index contributed by atoms with van der Waals surface area (Å²) in [7, 11) is 0. The molecule has 3 heteroatoms. The summed E-state index contributed by atoms with van der Waals surface area (Å²) >= 11 is 3.34. The summed E-state index contributed by atoms with van der Waals surface area (Å²) in [4.78, 5) is 4.10. The fourth-order valence-electron chi connectivity index (χ4n) is 0.791. The molecule has 0 spiro atoms. The molecule has 1 rings (SSSR count). The summed E-state index contributed by atoms with van der Waals surface area (Å²) in [6.45, 7) is 1.95. The number of rotatable bonds is 1. The van der Waals surface area contributed by atoms with Gasteiger partial charge in [0.2, 0.25) is 0 Å². The fourth-order valence-corrected chi connectivity index (χ4v) is 1.52. The molecule has 0 radical (unpaired) electrons. The van der Waals surface area contributed by atoms with Crippen molar-refractivity contribution in [1.82, 2.24) is 4.98 Å². The van der Waals surface area contributed by atoms with Crippen LogP contribution in [0, 0.1) is 6.92 Å². The minimum atomic E-state index is 0.776. The number of nitrogens with two attached hydrogens (primary N) is 1. The molecule has 0 aliphatic rings. The van der Waals surface area contributed by atoms with Crippen molar-refractivity contribution in [3.05, 3.63) is 23.5 Å². The van der Waals surface area contributed by atoms with E-state index in [9.17, 15) is 0 Å². The Morgan fingerprint density at radius 1 is 1.70 bits per heavy atom. The van der Waals surface area contributed by atoms with Crippen molar-refractivity contribution in [3.63, 3.8) is 0 Å². The van der Waals surface area contributed by atoms with Gasteiger partial charge in [-0.3, -0.25) is 4.98 Å². The zero-order valence-corrected chi connectivity index (χ0v) is 7.35. The quantitative estimate of drug-likeness (QED) is 0.704. The monoisotopic (exact) mass is 200 g/mol. The van der Waals surface area contributed by atoms with Crippen LogP contribution < -0.4 is 5.73 Å². The lowest BCUT2D eigenvalue weighted by molar-refractivity contribution is 1.15. The maximum Gasteiger partial charge on any atom is 0.0433 e. The minimum Gasteiger partial charge on any atom is -0.398 e. The highest BCUT2D eigenvalue weighted by Gasteiger charge is 1.99. The molecule has 0 saturated carbocycles. The molecule has 0 saturated heterocycles. The number of aryl methyl sites for hydroxylation is 1. The Balaban J connectivity index is 3.17. The molecule has 1 aromatic heterocycles. The second-order valence-electron chi connectivity index (χ2n) is 2.10. The van der Waals surface area contributed by atoms with Gasteiger partial charge in [0.05, 0.1) is 0 Å². The van der Waals surface area contributed by atoms with Gasteiger partial charge in [-0.2, -0.15) is 0 Å². The zero-order valence-electron chi connectivity index (χ0n) is 5.76. The third-order valence-electron chi connectivity index (χ3n) is 1.44. The van der Waals surface area contributed by atoms with Crippen molar-refractivity contribution in [2.45, 2.75) is 12.3 Å². The maximum atomic E-state index is 5.66. The van der Waals surface area contributed by atoms with E-state index in [2.05, 4.69) is 20.9 Å². The molecular formula is C7H9BrN2. The number of halogens is 1. The molecule has 0 aromatic carbocycles. The normalized spacial score (nSPS) is 9.80. The average molecular weight is 201 g/mol. The first-order chi connectivity index (χ1) is 4.75. The van der Waals surface area contributed by atoms with Gasteiger partial charge in [-0.1, -0.05) is 15.9 Å². The number of hydrogen-bond donors (Lipinski definition) is 1. The summed E-state index contributed by atoms with van der Waals surface area (Å²) in [6, 6.07) is 1.81. The van der Waals surface area contributed by atoms with Crippen LogP contribution in [-0.2, 0) is 5.33 Å². The molecule has 0 aliphatic carbocycles. The van der Waals surface area contributed by atoms with Crippen molar-refractivity contribution in [2.75, 3.05) is 5.73 Å². The SMILES string of the molecule is Cc1nccc(N)c1CBr. The molecule has 0 amide bonds. The predicted molar refractivity (Wildman–Crippen MR) is 46.0 cm³/mol. The Hall–Kier alpha value is -0.570. The topological polar surface area (TPSA) is 38.9 Å². The van der Waals surface area contributed by atoms with E-state index in [1.54, 1.807) is 6.20 Å². The lowest BCUT2D eigenvalue weighted by Gasteiger charge is -2.02. The standard InChI is InChI=1S/C7H9BrN2/c1-5-6(4-8)7(9)2-3-10-5/h2-3H,4H2,1H3,(H2,9,10). The van der Waals surface area contributed by atoms with Crippen LogP contribution in [-0.4, -0.2) is 4.98 Å². The molecule has 0 fully saturated rings. The Morgan fingerprint density at radius 2 is 2.40 bits per heavy atom. The largest absolute Gasteiger partial charge is 0.398 e. The molecule has 1 heterocycles. The Morgan fingerprint density at radius 3 is 2.80 bits per heavy atom. The van der Waals surface area contributed by atoms with Gasteiger partial charge in [0.25, 0.3) is 0 Å². The van der Waals surface area contributed by atoms with Gasteiger partial charge in [0.1, 0.15) is 0 Å². The van der Waals surface area contributed by atoms with Crippen LogP contribution in [0.3, 0.4) is 0 Å². The van der Waals surface area contributed by atoms with Gasteiger partial charge >= 0.3 is 0 Å². The molecule has 0 aliphatic heterocycles. The number of anilines is 1. The molecule has 0 atom stereocenters. The van der Waals surface area contributed by atoms with Gasteiger partial charge in [-0.25, -0.2) is 0 Å². The lowest BCUT2D eigenvalue weighted by Crippen LogP contribution is -1.96. The molecule has 54 valence electrons. The number of hydrogen-bond acceptors (Lipinski definition) is 2. The van der Waals surface area contributed by atoms with E-state index in [1.165, 1.54) is 0 Å². The van der Waals surface area contributed by atoms with Gasteiger partial charge < -0.3 is 5.73 Å². The summed E-state index contributed by atoms with van der Waals surface area (Å²) in [6.07, 6.45) is 1.72. The molecule has 10 heavy (non-hydrogen) atoms. The first kappa shape index (κ1) is 7.54. The van der Waals surface area contributed by atoms with Crippen molar-refractivity contribution in [3.8, 4) is 0 Å². The van der Waals surface area contributed by atoms with E-state index in [0.29, 0.717) is 0 Å². The number of aromatic nitrogens is 1. The Kier molecular flexibility index (Phi) is 2.27. The average Bonchev–Trinajstić information content (AvgIpc) is 1.88. The molecule has 1 aromatic rings. The molecule has 0 unspecified atom stereocenters. The maximum absolute atomic E-state index is 5.66. The van der Waals surface area contributed by atoms with Crippen molar-refractivity contribution in [2.24, 2.45) is 0 Å². The van der Waals surface area contributed by atoms with Crippen LogP contribution in [0.25, 0.3) is 0 Å². The number of nitrogens with zero attached hydrogens (tertiary/aromatic N) is 1. The zero-order chi connectivity index (χ0) is 7.56. The van der Waals surface area contributed by atoms with Crippen LogP contribution in [0.2, 0.25) is 0 Å². The van der Waals surface area contributed by atoms with E-state index in [4.69, 9.17) is 5.73 Å².